The Labute approximate surface area is 232 Å². The number of rotatable bonds is 9. The standard InChI is InChI=1S/C21H60O6Si9/c1-28(2,3)19(29(4,5)6)34(22)25-35(23,20(30(7,8)9)31(10,11)12)27-36(24,26-34)21(32(13,14)15)33(16,17)18/h19-24H,1-18H3. The molecular formula is C21H60O6Si9. The lowest BCUT2D eigenvalue weighted by Crippen LogP contribution is -2.82. The highest BCUT2D eigenvalue weighted by molar-refractivity contribution is 7.17. The van der Waals surface area contributed by atoms with E-state index in [0.717, 1.165) is 0 Å². The summed E-state index contributed by atoms with van der Waals surface area (Å²) in [6.45, 7) is 40.9. The highest BCUT2D eigenvalue weighted by Gasteiger charge is 2.77. The highest BCUT2D eigenvalue weighted by Crippen LogP contribution is 2.53. The molecule has 0 aromatic rings. The third-order valence-electron chi connectivity index (χ3n) is 7.17. The first-order valence-electron chi connectivity index (χ1n) is 13.5. The minimum Gasteiger partial charge on any atom is -0.391 e. The Balaban J connectivity index is 4.15. The van der Waals surface area contributed by atoms with E-state index in [1.165, 1.54) is 0 Å². The summed E-state index contributed by atoms with van der Waals surface area (Å²) in [5.41, 5.74) is 0. The maximum Gasteiger partial charge on any atom is 0.481 e. The van der Waals surface area contributed by atoms with Crippen molar-refractivity contribution in [3.63, 3.8) is 0 Å². The van der Waals surface area contributed by atoms with Crippen LogP contribution in [0.1, 0.15) is 0 Å². The zero-order chi connectivity index (χ0) is 29.4. The molecule has 0 unspecified atom stereocenters. The first-order chi connectivity index (χ1) is 15.2. The van der Waals surface area contributed by atoms with Crippen LogP contribution in [0.25, 0.3) is 0 Å². The summed E-state index contributed by atoms with van der Waals surface area (Å²) in [5, 5.41) is 0. The van der Waals surface area contributed by atoms with Crippen molar-refractivity contribution in [1.82, 2.24) is 0 Å². The second kappa shape index (κ2) is 10.2. The van der Waals surface area contributed by atoms with E-state index in [0.29, 0.717) is 0 Å². The first-order valence-corrected chi connectivity index (χ1v) is 40.5. The molecule has 15 heteroatoms. The quantitative estimate of drug-likeness (QED) is 0.255. The summed E-state index contributed by atoms with van der Waals surface area (Å²) in [5.74, 6) is 0. The minimum atomic E-state index is -4.04. The zero-order valence-electron chi connectivity index (χ0n) is 26.8. The van der Waals surface area contributed by atoms with Crippen molar-refractivity contribution in [1.29, 1.82) is 0 Å². The average molecular weight is 661 g/mol. The molecule has 0 bridgehead atoms. The Morgan fingerprint density at radius 3 is 0.528 bits per heavy atom. The molecule has 1 saturated heterocycles. The fourth-order valence-electron chi connectivity index (χ4n) is 8.22. The fourth-order valence-corrected chi connectivity index (χ4v) is 81.5. The molecule has 0 spiro atoms. The molecule has 0 amide bonds. The van der Waals surface area contributed by atoms with Gasteiger partial charge in [-0.05, 0) is 0 Å². The van der Waals surface area contributed by atoms with Crippen molar-refractivity contribution < 1.29 is 26.7 Å². The Hall–Kier alpha value is 1.71. The van der Waals surface area contributed by atoms with E-state index in [9.17, 15) is 14.4 Å². The molecule has 1 aliphatic heterocycles. The van der Waals surface area contributed by atoms with Gasteiger partial charge in [0, 0.05) is 14.4 Å². The maximum absolute atomic E-state index is 12.7. The molecule has 216 valence electrons. The lowest BCUT2D eigenvalue weighted by Gasteiger charge is -2.59. The van der Waals surface area contributed by atoms with Gasteiger partial charge in [0.2, 0.25) is 0 Å². The van der Waals surface area contributed by atoms with Crippen molar-refractivity contribution in [3.8, 4) is 0 Å². The predicted molar refractivity (Wildman–Crippen MR) is 178 cm³/mol. The molecule has 36 heavy (non-hydrogen) atoms. The SMILES string of the molecule is C[Si](C)(C)C([Si](C)(C)C)[Si]1(O)O[Si](O)(C([Si](C)(C)C)[Si](C)(C)C)O[Si](O)(C([Si](C)(C)C)[Si](C)(C)C)O1. The Kier molecular flexibility index (Phi) is 10.1. The molecule has 1 rings (SSSR count). The van der Waals surface area contributed by atoms with Crippen LogP contribution in [-0.2, 0) is 12.3 Å². The van der Waals surface area contributed by atoms with E-state index in [1.54, 1.807) is 0 Å². The second-order valence-corrected chi connectivity index (χ2v) is 62.7. The van der Waals surface area contributed by atoms with Crippen LogP contribution in [-0.4, -0.2) is 89.2 Å². The molecule has 0 aliphatic carbocycles. The molecular weight excluding hydrogens is 601 g/mol. The van der Waals surface area contributed by atoms with Crippen molar-refractivity contribution in [2.45, 2.75) is 132 Å². The van der Waals surface area contributed by atoms with Crippen LogP contribution >= 0.6 is 0 Å². The van der Waals surface area contributed by atoms with Crippen LogP contribution in [0, 0.1) is 0 Å². The van der Waals surface area contributed by atoms with Crippen LogP contribution < -0.4 is 0 Å². The van der Waals surface area contributed by atoms with E-state index >= 15 is 0 Å². The first kappa shape index (κ1) is 35.7. The maximum atomic E-state index is 12.7. The third kappa shape index (κ3) is 7.92. The van der Waals surface area contributed by atoms with Gasteiger partial charge in [0.05, 0.1) is 48.4 Å². The van der Waals surface area contributed by atoms with Crippen LogP contribution in [0.15, 0.2) is 0 Å². The monoisotopic (exact) mass is 660 g/mol. The van der Waals surface area contributed by atoms with Gasteiger partial charge < -0.3 is 26.7 Å². The lowest BCUT2D eigenvalue weighted by molar-refractivity contribution is 0.0679. The molecule has 0 radical (unpaired) electrons. The van der Waals surface area contributed by atoms with Gasteiger partial charge >= 0.3 is 26.4 Å². The Morgan fingerprint density at radius 1 is 0.333 bits per heavy atom. The van der Waals surface area contributed by atoms with Crippen LogP contribution in [0.5, 0.6) is 0 Å². The molecule has 1 heterocycles. The summed E-state index contributed by atoms with van der Waals surface area (Å²) in [6, 6.07) is 0. The van der Waals surface area contributed by atoms with Crippen LogP contribution in [0.3, 0.4) is 0 Å². The zero-order valence-corrected chi connectivity index (χ0v) is 35.8. The van der Waals surface area contributed by atoms with Gasteiger partial charge in [-0.2, -0.15) is 0 Å². The summed E-state index contributed by atoms with van der Waals surface area (Å²) in [7, 11) is -24.3. The molecule has 1 aliphatic rings. The minimum absolute atomic E-state index is 0.104. The summed E-state index contributed by atoms with van der Waals surface area (Å²) in [4.78, 5) is 37.9. The lowest BCUT2D eigenvalue weighted by atomic mass is 11.7. The van der Waals surface area contributed by atoms with Crippen molar-refractivity contribution >= 4 is 74.9 Å². The van der Waals surface area contributed by atoms with E-state index in [-0.39, 0.29) is 14.4 Å². The smallest absolute Gasteiger partial charge is 0.391 e. The van der Waals surface area contributed by atoms with Gasteiger partial charge in [-0.1, -0.05) is 118 Å². The van der Waals surface area contributed by atoms with Crippen molar-refractivity contribution in [2.24, 2.45) is 0 Å². The second-order valence-electron chi connectivity index (χ2n) is 17.7. The van der Waals surface area contributed by atoms with Gasteiger partial charge in [0.15, 0.2) is 0 Å². The Morgan fingerprint density at radius 2 is 0.444 bits per heavy atom. The van der Waals surface area contributed by atoms with Gasteiger partial charge in [-0.15, -0.1) is 0 Å². The topological polar surface area (TPSA) is 88.4 Å². The number of hydrogen-bond donors (Lipinski definition) is 3. The van der Waals surface area contributed by atoms with Crippen LogP contribution in [0.4, 0.5) is 0 Å². The van der Waals surface area contributed by atoms with E-state index in [1.807, 2.05) is 0 Å². The van der Waals surface area contributed by atoms with Gasteiger partial charge in [-0.3, -0.25) is 0 Å². The number of hydrogen-bond acceptors (Lipinski definition) is 6. The summed E-state index contributed by atoms with van der Waals surface area (Å²) < 4.78 is 20.3. The van der Waals surface area contributed by atoms with E-state index < -0.39 is 74.9 Å². The predicted octanol–water partition coefficient (Wildman–Crippen LogP) is 6.22. The average Bonchev–Trinajstić information content (AvgIpc) is 2.30. The van der Waals surface area contributed by atoms with Crippen LogP contribution in [0.2, 0.25) is 132 Å². The fraction of sp³-hybridized carbons (Fsp3) is 1.00. The van der Waals surface area contributed by atoms with Crippen molar-refractivity contribution in [3.05, 3.63) is 0 Å². The summed E-state index contributed by atoms with van der Waals surface area (Å²) >= 11 is 0. The molecule has 3 N–H and O–H groups in total. The third-order valence-corrected chi connectivity index (χ3v) is 64.5. The molecule has 6 nitrogen and oxygen atoms in total. The molecule has 0 aromatic heterocycles. The van der Waals surface area contributed by atoms with Gasteiger partial charge in [-0.25, -0.2) is 0 Å². The van der Waals surface area contributed by atoms with E-state index in [4.69, 9.17) is 12.3 Å². The highest BCUT2D eigenvalue weighted by atomic mass is 28.6. The summed E-state index contributed by atoms with van der Waals surface area (Å²) in [6.07, 6.45) is 0. The Bertz CT molecular complexity index is 632. The van der Waals surface area contributed by atoms with Gasteiger partial charge in [0.1, 0.15) is 0 Å². The molecule has 0 atom stereocenters. The van der Waals surface area contributed by atoms with E-state index in [2.05, 4.69) is 118 Å². The molecule has 0 saturated carbocycles. The normalized spacial score (nSPS) is 30.0. The van der Waals surface area contributed by atoms with Gasteiger partial charge in [0.25, 0.3) is 0 Å². The molecule has 0 aromatic carbocycles. The molecule has 1 fully saturated rings. The largest absolute Gasteiger partial charge is 0.481 e. The van der Waals surface area contributed by atoms with Crippen molar-refractivity contribution in [2.75, 3.05) is 0 Å².